The van der Waals surface area contributed by atoms with Gasteiger partial charge in [-0.1, -0.05) is 177 Å². The first-order valence-electron chi connectivity index (χ1n) is 17.4. The zero-order valence-corrected chi connectivity index (χ0v) is 29.6. The number of fused-ring (bicyclic) bond motifs is 3. The van der Waals surface area contributed by atoms with E-state index >= 15 is 0 Å². The highest BCUT2D eigenvalue weighted by molar-refractivity contribution is 7.03. The third kappa shape index (κ3) is 5.70. The predicted molar refractivity (Wildman–Crippen MR) is 215 cm³/mol. The summed E-state index contributed by atoms with van der Waals surface area (Å²) < 4.78 is 0. The van der Waals surface area contributed by atoms with Crippen LogP contribution < -0.4 is 10.4 Å². The summed E-state index contributed by atoms with van der Waals surface area (Å²) in [6.07, 6.45) is 0. The second kappa shape index (κ2) is 12.6. The molecule has 1 aromatic heterocycles. The van der Waals surface area contributed by atoms with Crippen molar-refractivity contribution >= 4 is 18.4 Å². The summed E-state index contributed by atoms with van der Waals surface area (Å²) in [5, 5.41) is 3.08. The lowest BCUT2D eigenvalue weighted by atomic mass is 9.95. The molecule has 1 aliphatic heterocycles. The van der Waals surface area contributed by atoms with E-state index in [4.69, 9.17) is 15.0 Å². The third-order valence-electron chi connectivity index (χ3n) is 10.2. The van der Waals surface area contributed by atoms with E-state index in [0.717, 1.165) is 27.8 Å². The molecule has 0 fully saturated rings. The van der Waals surface area contributed by atoms with Crippen molar-refractivity contribution in [1.82, 2.24) is 15.0 Å². The van der Waals surface area contributed by atoms with Gasteiger partial charge in [0.15, 0.2) is 17.5 Å². The molecule has 242 valence electrons. The smallest absolute Gasteiger partial charge is 0.164 e. The predicted octanol–water partition coefficient (Wildman–Crippen LogP) is 10.7. The van der Waals surface area contributed by atoms with Crippen molar-refractivity contribution in [2.45, 2.75) is 13.1 Å². The lowest BCUT2D eigenvalue weighted by Crippen LogP contribution is -2.49. The zero-order chi connectivity index (χ0) is 34.4. The van der Waals surface area contributed by atoms with Gasteiger partial charge in [0.1, 0.15) is 8.07 Å². The number of rotatable bonds is 6. The molecule has 4 heteroatoms. The summed E-state index contributed by atoms with van der Waals surface area (Å²) in [5.74, 6) is 1.98. The molecular weight excluding hydrogens is 635 g/mol. The van der Waals surface area contributed by atoms with Gasteiger partial charge in [-0.25, -0.2) is 15.0 Å². The maximum atomic E-state index is 4.90. The van der Waals surface area contributed by atoms with Crippen molar-refractivity contribution in [3.8, 4) is 78.7 Å². The Morgan fingerprint density at radius 3 is 1.20 bits per heavy atom. The molecule has 0 saturated carbocycles. The fraction of sp³-hybridized carbons (Fsp3) is 0.0426. The van der Waals surface area contributed by atoms with Crippen LogP contribution in [0, 0.1) is 0 Å². The lowest BCUT2D eigenvalue weighted by Gasteiger charge is -2.18. The maximum Gasteiger partial charge on any atom is 0.164 e. The van der Waals surface area contributed by atoms with E-state index < -0.39 is 8.07 Å². The van der Waals surface area contributed by atoms with Gasteiger partial charge in [-0.05, 0) is 67.0 Å². The standard InChI is InChI=1S/C47H35N3Si/c1-51(2)43-19-10-9-18-41(43)42-31-40(28-29-44(42)51)34-22-20-32(21-23-34)38-16-11-17-39(30-38)33-24-26-37(27-25-33)47-49-45(35-12-5-3-6-13-35)48-46(50-47)36-14-7-4-8-15-36/h3-31H,1-2H3. The Balaban J connectivity index is 0.991. The zero-order valence-electron chi connectivity index (χ0n) is 28.6. The number of nitrogens with zero attached hydrogens (tertiary/aromatic N) is 3. The number of aromatic nitrogens is 3. The molecule has 51 heavy (non-hydrogen) atoms. The summed E-state index contributed by atoms with van der Waals surface area (Å²) in [4.78, 5) is 14.6. The average molecular weight is 670 g/mol. The summed E-state index contributed by atoms with van der Waals surface area (Å²) in [6.45, 7) is 4.93. The summed E-state index contributed by atoms with van der Waals surface area (Å²) in [6, 6.07) is 62.5. The molecule has 0 unspecified atom stereocenters. The molecule has 8 aromatic rings. The lowest BCUT2D eigenvalue weighted by molar-refractivity contribution is 1.07. The molecule has 0 atom stereocenters. The molecule has 0 spiro atoms. The quantitative estimate of drug-likeness (QED) is 0.165. The molecule has 0 radical (unpaired) electrons. The van der Waals surface area contributed by atoms with E-state index in [0.29, 0.717) is 17.5 Å². The molecule has 3 nitrogen and oxygen atoms in total. The minimum atomic E-state index is -1.65. The minimum Gasteiger partial charge on any atom is -0.208 e. The Morgan fingerprint density at radius 1 is 0.294 bits per heavy atom. The van der Waals surface area contributed by atoms with Crippen LogP contribution in [-0.4, -0.2) is 23.0 Å². The Kier molecular flexibility index (Phi) is 7.60. The van der Waals surface area contributed by atoms with Crippen LogP contribution in [0.1, 0.15) is 0 Å². The van der Waals surface area contributed by atoms with Gasteiger partial charge in [-0.2, -0.15) is 0 Å². The summed E-state index contributed by atoms with van der Waals surface area (Å²) in [5.41, 5.74) is 12.9. The van der Waals surface area contributed by atoms with Crippen LogP contribution in [0.15, 0.2) is 176 Å². The van der Waals surface area contributed by atoms with E-state index in [1.54, 1.807) is 5.19 Å². The number of benzene rings is 7. The maximum absolute atomic E-state index is 4.90. The highest BCUT2D eigenvalue weighted by Crippen LogP contribution is 2.34. The van der Waals surface area contributed by atoms with E-state index in [1.165, 1.54) is 38.6 Å². The Bertz CT molecular complexity index is 2470. The van der Waals surface area contributed by atoms with E-state index in [-0.39, 0.29) is 0 Å². The largest absolute Gasteiger partial charge is 0.208 e. The van der Waals surface area contributed by atoms with Crippen LogP contribution in [-0.2, 0) is 0 Å². The Labute approximate surface area is 300 Å². The van der Waals surface area contributed by atoms with Gasteiger partial charge in [-0.3, -0.25) is 0 Å². The molecule has 9 rings (SSSR count). The Hall–Kier alpha value is -6.23. The van der Waals surface area contributed by atoms with Gasteiger partial charge in [0.05, 0.1) is 0 Å². The van der Waals surface area contributed by atoms with Gasteiger partial charge in [0, 0.05) is 16.7 Å². The summed E-state index contributed by atoms with van der Waals surface area (Å²) in [7, 11) is -1.65. The van der Waals surface area contributed by atoms with E-state index in [9.17, 15) is 0 Å². The normalized spacial score (nSPS) is 12.7. The fourth-order valence-electron chi connectivity index (χ4n) is 7.38. The van der Waals surface area contributed by atoms with Gasteiger partial charge >= 0.3 is 0 Å². The van der Waals surface area contributed by atoms with Gasteiger partial charge in [0.25, 0.3) is 0 Å². The highest BCUT2D eigenvalue weighted by Gasteiger charge is 2.37. The van der Waals surface area contributed by atoms with Crippen LogP contribution in [0.2, 0.25) is 13.1 Å². The van der Waals surface area contributed by atoms with Crippen LogP contribution in [0.4, 0.5) is 0 Å². The monoisotopic (exact) mass is 669 g/mol. The second-order valence-corrected chi connectivity index (χ2v) is 18.0. The number of hydrogen-bond donors (Lipinski definition) is 0. The SMILES string of the molecule is C[Si]1(C)c2ccccc2-c2cc(-c3ccc(-c4cccc(-c5ccc(-c6nc(-c7ccccc7)nc(-c7ccccc7)n6)cc5)c4)cc3)ccc21. The van der Waals surface area contributed by atoms with Crippen molar-refractivity contribution in [2.75, 3.05) is 0 Å². The first-order chi connectivity index (χ1) is 25.0. The van der Waals surface area contributed by atoms with Crippen LogP contribution in [0.25, 0.3) is 78.7 Å². The van der Waals surface area contributed by atoms with E-state index in [2.05, 4.69) is 128 Å². The molecular formula is C47H35N3Si. The second-order valence-electron chi connectivity index (χ2n) is 13.7. The number of hydrogen-bond acceptors (Lipinski definition) is 3. The molecule has 2 heterocycles. The highest BCUT2D eigenvalue weighted by atomic mass is 28.3. The van der Waals surface area contributed by atoms with Gasteiger partial charge < -0.3 is 0 Å². The topological polar surface area (TPSA) is 38.7 Å². The van der Waals surface area contributed by atoms with Crippen molar-refractivity contribution in [2.24, 2.45) is 0 Å². The van der Waals surface area contributed by atoms with Crippen LogP contribution in [0.5, 0.6) is 0 Å². The van der Waals surface area contributed by atoms with Crippen LogP contribution in [0.3, 0.4) is 0 Å². The molecule has 0 N–H and O–H groups in total. The third-order valence-corrected chi connectivity index (χ3v) is 13.7. The van der Waals surface area contributed by atoms with Crippen molar-refractivity contribution in [3.63, 3.8) is 0 Å². The molecule has 0 amide bonds. The van der Waals surface area contributed by atoms with Crippen LogP contribution >= 0.6 is 0 Å². The first-order valence-corrected chi connectivity index (χ1v) is 20.4. The molecule has 1 aliphatic rings. The van der Waals surface area contributed by atoms with Crippen molar-refractivity contribution in [1.29, 1.82) is 0 Å². The van der Waals surface area contributed by atoms with Gasteiger partial charge in [0.2, 0.25) is 0 Å². The van der Waals surface area contributed by atoms with E-state index in [1.807, 2.05) is 60.7 Å². The minimum absolute atomic E-state index is 0.654. The fourth-order valence-corrected chi connectivity index (χ4v) is 10.5. The average Bonchev–Trinajstić information content (AvgIpc) is 3.44. The summed E-state index contributed by atoms with van der Waals surface area (Å²) >= 11 is 0. The van der Waals surface area contributed by atoms with Gasteiger partial charge in [-0.15, -0.1) is 0 Å². The molecule has 0 aliphatic carbocycles. The van der Waals surface area contributed by atoms with Crippen molar-refractivity contribution in [3.05, 3.63) is 176 Å². The molecule has 0 bridgehead atoms. The molecule has 7 aromatic carbocycles. The van der Waals surface area contributed by atoms with Crippen molar-refractivity contribution < 1.29 is 0 Å². The Morgan fingerprint density at radius 2 is 0.667 bits per heavy atom. The first kappa shape index (κ1) is 30.8. The molecule has 0 saturated heterocycles.